The Hall–Kier alpha value is -2.18. The summed E-state index contributed by atoms with van der Waals surface area (Å²) in [7, 11) is 0. The topological polar surface area (TPSA) is 102 Å². The van der Waals surface area contributed by atoms with Gasteiger partial charge in [-0.2, -0.15) is 0 Å². The molecular weight excluding hydrogens is 228 g/mol. The Morgan fingerprint density at radius 3 is 2.65 bits per heavy atom. The first-order valence-electron chi connectivity index (χ1n) is 5.08. The molecule has 7 heteroatoms. The zero-order valence-corrected chi connectivity index (χ0v) is 9.48. The highest BCUT2D eigenvalue weighted by molar-refractivity contribution is 5.93. The Kier molecular flexibility index (Phi) is 3.97. The number of H-pyrrole nitrogens is 1. The van der Waals surface area contributed by atoms with E-state index in [-0.39, 0.29) is 12.2 Å². The smallest absolute Gasteiger partial charge is 0.348 e. The van der Waals surface area contributed by atoms with Crippen LogP contribution in [0.1, 0.15) is 29.9 Å². The van der Waals surface area contributed by atoms with E-state index < -0.39 is 22.1 Å². The number of pyridine rings is 1. The Bertz CT molecular complexity index is 506. The fourth-order valence-corrected chi connectivity index (χ4v) is 1.34. The van der Waals surface area contributed by atoms with Crippen LogP contribution >= 0.6 is 0 Å². The Morgan fingerprint density at radius 2 is 2.18 bits per heavy atom. The molecule has 1 aromatic rings. The number of ether oxygens (including phenoxy) is 1. The first-order chi connectivity index (χ1) is 8.01. The summed E-state index contributed by atoms with van der Waals surface area (Å²) < 4.78 is 4.68. The Labute approximate surface area is 96.6 Å². The predicted molar refractivity (Wildman–Crippen MR) is 59.1 cm³/mol. The number of nitrogens with zero attached hydrogens (tertiary/aromatic N) is 1. The number of aromatic amines is 1. The molecule has 1 aromatic heterocycles. The molecule has 0 aliphatic heterocycles. The van der Waals surface area contributed by atoms with E-state index in [9.17, 15) is 19.7 Å². The largest absolute Gasteiger partial charge is 0.462 e. The van der Waals surface area contributed by atoms with Crippen LogP contribution in [0.25, 0.3) is 0 Å². The third-order valence-electron chi connectivity index (χ3n) is 2.12. The number of aromatic nitrogens is 1. The maximum absolute atomic E-state index is 11.5. The summed E-state index contributed by atoms with van der Waals surface area (Å²) in [5, 5.41) is 10.7. The van der Waals surface area contributed by atoms with E-state index in [1.165, 1.54) is 6.07 Å². The highest BCUT2D eigenvalue weighted by Gasteiger charge is 2.26. The summed E-state index contributed by atoms with van der Waals surface area (Å²) in [6.45, 7) is 3.42. The standard InChI is InChI=1S/C10H12N2O5/c1-3-6-5-7(10(14)17-4-2)8(12(15)16)9(13)11-6/h5H,3-4H2,1-2H3,(H,11,13). The second-order valence-corrected chi connectivity index (χ2v) is 3.22. The van der Waals surface area contributed by atoms with E-state index in [4.69, 9.17) is 0 Å². The highest BCUT2D eigenvalue weighted by Crippen LogP contribution is 2.15. The molecule has 0 aliphatic carbocycles. The minimum Gasteiger partial charge on any atom is -0.462 e. The van der Waals surface area contributed by atoms with Crippen molar-refractivity contribution in [3.8, 4) is 0 Å². The van der Waals surface area contributed by atoms with Crippen LogP contribution in [0.3, 0.4) is 0 Å². The molecule has 0 aromatic carbocycles. The summed E-state index contributed by atoms with van der Waals surface area (Å²) in [5.41, 5.74) is -1.53. The van der Waals surface area contributed by atoms with Gasteiger partial charge in [0.05, 0.1) is 11.5 Å². The second-order valence-electron chi connectivity index (χ2n) is 3.22. The molecule has 17 heavy (non-hydrogen) atoms. The lowest BCUT2D eigenvalue weighted by Crippen LogP contribution is -2.19. The van der Waals surface area contributed by atoms with Crippen molar-refractivity contribution in [2.75, 3.05) is 6.61 Å². The SMILES string of the molecule is CCOC(=O)c1cc(CC)[nH]c(=O)c1[N+](=O)[O-]. The van der Waals surface area contributed by atoms with Gasteiger partial charge in [0, 0.05) is 5.69 Å². The van der Waals surface area contributed by atoms with Gasteiger partial charge in [0.15, 0.2) is 0 Å². The molecule has 92 valence electrons. The van der Waals surface area contributed by atoms with Gasteiger partial charge in [0.1, 0.15) is 5.56 Å². The zero-order valence-electron chi connectivity index (χ0n) is 9.48. The maximum atomic E-state index is 11.5. The van der Waals surface area contributed by atoms with E-state index in [0.717, 1.165) is 0 Å². The van der Waals surface area contributed by atoms with Gasteiger partial charge in [-0.1, -0.05) is 6.92 Å². The molecule has 0 amide bonds. The van der Waals surface area contributed by atoms with Gasteiger partial charge in [-0.25, -0.2) is 4.79 Å². The first kappa shape index (κ1) is 12.9. The number of hydrogen-bond acceptors (Lipinski definition) is 5. The third kappa shape index (κ3) is 2.68. The molecule has 0 unspecified atom stereocenters. The van der Waals surface area contributed by atoms with Gasteiger partial charge in [-0.05, 0) is 19.4 Å². The van der Waals surface area contributed by atoms with Crippen molar-refractivity contribution in [1.82, 2.24) is 4.98 Å². The van der Waals surface area contributed by atoms with E-state index in [1.54, 1.807) is 13.8 Å². The van der Waals surface area contributed by atoms with Gasteiger partial charge >= 0.3 is 17.2 Å². The molecule has 0 bridgehead atoms. The lowest BCUT2D eigenvalue weighted by Gasteiger charge is -2.04. The maximum Gasteiger partial charge on any atom is 0.348 e. The van der Waals surface area contributed by atoms with Gasteiger partial charge in [0.25, 0.3) is 0 Å². The Balaban J connectivity index is 3.43. The van der Waals surface area contributed by atoms with Crippen LogP contribution in [0.4, 0.5) is 5.69 Å². The molecule has 1 N–H and O–H groups in total. The molecule has 0 spiro atoms. The number of rotatable bonds is 4. The van der Waals surface area contributed by atoms with Crippen molar-refractivity contribution in [3.05, 3.63) is 37.8 Å². The van der Waals surface area contributed by atoms with Gasteiger partial charge in [-0.3, -0.25) is 14.9 Å². The van der Waals surface area contributed by atoms with E-state index in [2.05, 4.69) is 9.72 Å². The van der Waals surface area contributed by atoms with Crippen LogP contribution in [0, 0.1) is 10.1 Å². The van der Waals surface area contributed by atoms with Gasteiger partial charge in [0.2, 0.25) is 0 Å². The fraction of sp³-hybridized carbons (Fsp3) is 0.400. The van der Waals surface area contributed by atoms with Gasteiger partial charge in [-0.15, -0.1) is 0 Å². The molecule has 0 aliphatic rings. The molecule has 0 atom stereocenters. The van der Waals surface area contributed by atoms with Crippen molar-refractivity contribution in [3.63, 3.8) is 0 Å². The van der Waals surface area contributed by atoms with Crippen molar-refractivity contribution in [2.45, 2.75) is 20.3 Å². The van der Waals surface area contributed by atoms with Crippen LogP contribution < -0.4 is 5.56 Å². The van der Waals surface area contributed by atoms with Gasteiger partial charge < -0.3 is 9.72 Å². The molecule has 0 fully saturated rings. The van der Waals surface area contributed by atoms with Crippen molar-refractivity contribution in [2.24, 2.45) is 0 Å². The molecule has 1 heterocycles. The monoisotopic (exact) mass is 240 g/mol. The van der Waals surface area contributed by atoms with Crippen molar-refractivity contribution < 1.29 is 14.5 Å². The normalized spacial score (nSPS) is 10.0. The molecule has 7 nitrogen and oxygen atoms in total. The van der Waals surface area contributed by atoms with Crippen LogP contribution in [0.5, 0.6) is 0 Å². The summed E-state index contributed by atoms with van der Waals surface area (Å²) >= 11 is 0. The predicted octanol–water partition coefficient (Wildman–Crippen LogP) is 1.02. The average Bonchev–Trinajstić information content (AvgIpc) is 2.27. The van der Waals surface area contributed by atoms with Crippen LogP contribution in [-0.4, -0.2) is 22.5 Å². The summed E-state index contributed by atoms with van der Waals surface area (Å²) in [6.07, 6.45) is 0.458. The molecule has 0 saturated carbocycles. The lowest BCUT2D eigenvalue weighted by atomic mass is 10.1. The summed E-state index contributed by atoms with van der Waals surface area (Å²) in [6, 6.07) is 1.28. The number of esters is 1. The van der Waals surface area contributed by atoms with Crippen LogP contribution in [0.15, 0.2) is 10.9 Å². The third-order valence-corrected chi connectivity index (χ3v) is 2.12. The number of carbonyl (C=O) groups excluding carboxylic acids is 1. The lowest BCUT2D eigenvalue weighted by molar-refractivity contribution is -0.386. The minimum atomic E-state index is -0.891. The fourth-order valence-electron chi connectivity index (χ4n) is 1.34. The second kappa shape index (κ2) is 5.24. The number of nitro groups is 1. The molecule has 0 saturated heterocycles. The van der Waals surface area contributed by atoms with Crippen molar-refractivity contribution in [1.29, 1.82) is 0 Å². The quantitative estimate of drug-likeness (QED) is 0.481. The van der Waals surface area contributed by atoms with Crippen LogP contribution in [0.2, 0.25) is 0 Å². The van der Waals surface area contributed by atoms with E-state index in [0.29, 0.717) is 12.1 Å². The first-order valence-corrected chi connectivity index (χ1v) is 5.08. The average molecular weight is 240 g/mol. The highest BCUT2D eigenvalue weighted by atomic mass is 16.6. The number of carbonyl (C=O) groups is 1. The molecular formula is C10H12N2O5. The zero-order chi connectivity index (χ0) is 13.0. The molecule has 0 radical (unpaired) electrons. The minimum absolute atomic E-state index is 0.0875. The van der Waals surface area contributed by atoms with E-state index in [1.807, 2.05) is 0 Å². The molecule has 1 rings (SSSR count). The van der Waals surface area contributed by atoms with E-state index >= 15 is 0 Å². The van der Waals surface area contributed by atoms with Crippen molar-refractivity contribution >= 4 is 11.7 Å². The summed E-state index contributed by atoms with van der Waals surface area (Å²) in [4.78, 5) is 35.2. The number of nitrogens with one attached hydrogen (secondary N) is 1. The Morgan fingerprint density at radius 1 is 1.53 bits per heavy atom. The van der Waals surface area contributed by atoms with Crippen LogP contribution in [-0.2, 0) is 11.2 Å². The summed E-state index contributed by atoms with van der Waals surface area (Å²) in [5.74, 6) is -0.861. The number of aryl methyl sites for hydroxylation is 1. The number of hydrogen-bond donors (Lipinski definition) is 1.